The van der Waals surface area contributed by atoms with Crippen molar-refractivity contribution < 1.29 is 9.53 Å². The van der Waals surface area contributed by atoms with E-state index in [4.69, 9.17) is 16.3 Å². The summed E-state index contributed by atoms with van der Waals surface area (Å²) in [6.45, 7) is 2.00. The average molecular weight is 298 g/mol. The monoisotopic (exact) mass is 297 g/mol. The molecule has 0 aliphatic carbocycles. The molecule has 0 radical (unpaired) electrons. The highest BCUT2D eigenvalue weighted by atomic mass is 35.5. The van der Waals surface area contributed by atoms with Gasteiger partial charge in [-0.15, -0.1) is 0 Å². The predicted molar refractivity (Wildman–Crippen MR) is 83.2 cm³/mol. The van der Waals surface area contributed by atoms with Crippen LogP contribution in [-0.2, 0) is 9.53 Å². The van der Waals surface area contributed by atoms with Gasteiger partial charge in [0.05, 0.1) is 0 Å². The quantitative estimate of drug-likeness (QED) is 0.621. The van der Waals surface area contributed by atoms with E-state index >= 15 is 0 Å². The highest BCUT2D eigenvalue weighted by Gasteiger charge is 2.23. The lowest BCUT2D eigenvalue weighted by atomic mass is 10.1. The first-order chi connectivity index (χ1) is 10.1. The Kier molecular flexibility index (Phi) is 3.59. The molecule has 1 aliphatic rings. The van der Waals surface area contributed by atoms with Crippen LogP contribution in [-0.4, -0.2) is 11.9 Å². The highest BCUT2D eigenvalue weighted by Crippen LogP contribution is 2.20. The number of carbonyl (C=O) groups excluding carboxylic acids is 1. The molecular weight excluding hydrogens is 286 g/mol. The van der Waals surface area contributed by atoms with Gasteiger partial charge in [-0.1, -0.05) is 41.4 Å². The van der Waals surface area contributed by atoms with Crippen LogP contribution in [0.4, 0.5) is 0 Å². The maximum Gasteiger partial charge on any atom is 0.363 e. The van der Waals surface area contributed by atoms with Gasteiger partial charge < -0.3 is 4.74 Å². The fourth-order valence-electron chi connectivity index (χ4n) is 2.04. The van der Waals surface area contributed by atoms with Gasteiger partial charge in [-0.2, -0.15) is 0 Å². The lowest BCUT2D eigenvalue weighted by Crippen LogP contribution is -2.05. The van der Waals surface area contributed by atoms with Crippen molar-refractivity contribution in [1.29, 1.82) is 0 Å². The first-order valence-corrected chi connectivity index (χ1v) is 6.85. The summed E-state index contributed by atoms with van der Waals surface area (Å²) in [5.41, 5.74) is 3.06. The maximum absolute atomic E-state index is 11.9. The Morgan fingerprint density at radius 1 is 1.14 bits per heavy atom. The third-order valence-corrected chi connectivity index (χ3v) is 3.31. The molecule has 1 heterocycles. The number of rotatable bonds is 2. The molecule has 104 valence electrons. The number of nitrogens with zero attached hydrogens (tertiary/aromatic N) is 1. The van der Waals surface area contributed by atoms with Gasteiger partial charge in [-0.05, 0) is 42.8 Å². The van der Waals surface area contributed by atoms with Crippen LogP contribution in [0.3, 0.4) is 0 Å². The molecule has 0 amide bonds. The second kappa shape index (κ2) is 5.54. The Balaban J connectivity index is 1.93. The summed E-state index contributed by atoms with van der Waals surface area (Å²) in [6.07, 6.45) is 1.72. The summed E-state index contributed by atoms with van der Waals surface area (Å²) in [6, 6.07) is 14.8. The van der Waals surface area contributed by atoms with Crippen molar-refractivity contribution in [2.45, 2.75) is 6.92 Å². The average Bonchev–Trinajstić information content (AvgIpc) is 2.81. The number of halogens is 1. The SMILES string of the molecule is Cc1cccc(/C=C2\N=C(c3ccc(Cl)cc3)OC2=O)c1. The van der Waals surface area contributed by atoms with E-state index in [1.165, 1.54) is 0 Å². The van der Waals surface area contributed by atoms with Crippen LogP contribution in [0.15, 0.2) is 59.2 Å². The molecule has 0 spiro atoms. The van der Waals surface area contributed by atoms with Crippen molar-refractivity contribution >= 4 is 29.5 Å². The fourth-order valence-corrected chi connectivity index (χ4v) is 2.17. The predicted octanol–water partition coefficient (Wildman–Crippen LogP) is 3.99. The number of hydrogen-bond donors (Lipinski definition) is 0. The third-order valence-electron chi connectivity index (χ3n) is 3.06. The van der Waals surface area contributed by atoms with Crippen LogP contribution >= 0.6 is 11.6 Å². The molecule has 3 rings (SSSR count). The summed E-state index contributed by atoms with van der Waals surface area (Å²) in [5.74, 6) is -0.142. The van der Waals surface area contributed by atoms with E-state index in [1.807, 2.05) is 31.2 Å². The summed E-state index contributed by atoms with van der Waals surface area (Å²) < 4.78 is 5.20. The van der Waals surface area contributed by atoms with Crippen LogP contribution in [0.5, 0.6) is 0 Å². The number of aryl methyl sites for hydroxylation is 1. The zero-order valence-electron chi connectivity index (χ0n) is 11.3. The molecule has 1 aliphatic heterocycles. The molecule has 0 unspecified atom stereocenters. The topological polar surface area (TPSA) is 38.7 Å². The molecule has 3 nitrogen and oxygen atoms in total. The summed E-state index contributed by atoms with van der Waals surface area (Å²) >= 11 is 5.84. The maximum atomic E-state index is 11.9. The van der Waals surface area contributed by atoms with Crippen molar-refractivity contribution in [2.75, 3.05) is 0 Å². The van der Waals surface area contributed by atoms with Gasteiger partial charge in [0.15, 0.2) is 5.70 Å². The van der Waals surface area contributed by atoms with Gasteiger partial charge in [0.1, 0.15) is 0 Å². The van der Waals surface area contributed by atoms with Gasteiger partial charge in [0.25, 0.3) is 0 Å². The molecule has 0 saturated carbocycles. The minimum Gasteiger partial charge on any atom is -0.402 e. The number of aliphatic imine (C=N–C) groups is 1. The smallest absolute Gasteiger partial charge is 0.363 e. The first-order valence-electron chi connectivity index (χ1n) is 6.47. The van der Waals surface area contributed by atoms with Gasteiger partial charge >= 0.3 is 5.97 Å². The fraction of sp³-hybridized carbons (Fsp3) is 0.0588. The van der Waals surface area contributed by atoms with Gasteiger partial charge in [0, 0.05) is 10.6 Å². The van der Waals surface area contributed by atoms with E-state index in [0.29, 0.717) is 16.6 Å². The number of hydrogen-bond acceptors (Lipinski definition) is 3. The number of cyclic esters (lactones) is 1. The van der Waals surface area contributed by atoms with Gasteiger partial charge in [0.2, 0.25) is 5.90 Å². The third kappa shape index (κ3) is 3.03. The van der Waals surface area contributed by atoms with Gasteiger partial charge in [-0.25, -0.2) is 9.79 Å². The molecule has 0 N–H and O–H groups in total. The molecule has 0 atom stereocenters. The number of ether oxygens (including phenoxy) is 1. The van der Waals surface area contributed by atoms with E-state index in [2.05, 4.69) is 4.99 Å². The van der Waals surface area contributed by atoms with Crippen molar-refractivity contribution in [1.82, 2.24) is 0 Å². The molecule has 0 fully saturated rings. The molecule has 0 aromatic heterocycles. The molecule has 21 heavy (non-hydrogen) atoms. The summed E-state index contributed by atoms with van der Waals surface area (Å²) in [7, 11) is 0. The Morgan fingerprint density at radius 3 is 2.62 bits per heavy atom. The molecule has 0 bridgehead atoms. The molecular formula is C17H12ClNO2. The van der Waals surface area contributed by atoms with Crippen molar-refractivity contribution in [3.8, 4) is 0 Å². The van der Waals surface area contributed by atoms with Crippen LogP contribution in [0.2, 0.25) is 5.02 Å². The van der Waals surface area contributed by atoms with E-state index in [-0.39, 0.29) is 0 Å². The zero-order valence-corrected chi connectivity index (χ0v) is 12.1. The molecule has 4 heteroatoms. The first kappa shape index (κ1) is 13.6. The standard InChI is InChI=1S/C17H12ClNO2/c1-11-3-2-4-12(9-11)10-15-17(20)21-16(19-15)13-5-7-14(18)8-6-13/h2-10H,1H3/b15-10-. The minimum atomic E-state index is -0.443. The number of carbonyl (C=O) groups is 1. The Labute approximate surface area is 127 Å². The molecule has 2 aromatic carbocycles. The Morgan fingerprint density at radius 2 is 1.90 bits per heavy atom. The lowest BCUT2D eigenvalue weighted by Gasteiger charge is -1.98. The van der Waals surface area contributed by atoms with Crippen LogP contribution in [0, 0.1) is 6.92 Å². The minimum absolute atomic E-state index is 0.297. The van der Waals surface area contributed by atoms with Crippen LogP contribution in [0.1, 0.15) is 16.7 Å². The largest absolute Gasteiger partial charge is 0.402 e. The summed E-state index contributed by atoms with van der Waals surface area (Å²) in [4.78, 5) is 16.1. The van der Waals surface area contributed by atoms with Crippen molar-refractivity contribution in [3.05, 3.63) is 75.9 Å². The van der Waals surface area contributed by atoms with E-state index < -0.39 is 5.97 Å². The van der Waals surface area contributed by atoms with E-state index in [9.17, 15) is 4.79 Å². The number of benzene rings is 2. The zero-order chi connectivity index (χ0) is 14.8. The normalized spacial score (nSPS) is 16.0. The number of esters is 1. The van der Waals surface area contributed by atoms with Crippen LogP contribution < -0.4 is 0 Å². The molecule has 2 aromatic rings. The van der Waals surface area contributed by atoms with E-state index in [0.717, 1.165) is 16.7 Å². The summed E-state index contributed by atoms with van der Waals surface area (Å²) in [5, 5.41) is 0.624. The van der Waals surface area contributed by atoms with Crippen molar-refractivity contribution in [3.63, 3.8) is 0 Å². The van der Waals surface area contributed by atoms with Crippen LogP contribution in [0.25, 0.3) is 6.08 Å². The Hall–Kier alpha value is -2.39. The highest BCUT2D eigenvalue weighted by molar-refractivity contribution is 6.30. The van der Waals surface area contributed by atoms with E-state index in [1.54, 1.807) is 30.3 Å². The molecule has 0 saturated heterocycles. The second-order valence-corrected chi connectivity index (χ2v) is 5.19. The van der Waals surface area contributed by atoms with Crippen molar-refractivity contribution in [2.24, 2.45) is 4.99 Å². The lowest BCUT2D eigenvalue weighted by molar-refractivity contribution is -0.129. The van der Waals surface area contributed by atoms with Gasteiger partial charge in [-0.3, -0.25) is 0 Å². The second-order valence-electron chi connectivity index (χ2n) is 4.76. The Bertz CT molecular complexity index is 761.